The number of imidazole rings is 1. The first-order chi connectivity index (χ1) is 8.65. The van der Waals surface area contributed by atoms with Crippen LogP contribution in [0.5, 0.6) is 0 Å². The molecule has 1 atom stereocenters. The Hall–Kier alpha value is -1.35. The van der Waals surface area contributed by atoms with Gasteiger partial charge < -0.3 is 9.88 Å². The molecule has 0 spiro atoms. The number of benzene rings is 1. The summed E-state index contributed by atoms with van der Waals surface area (Å²) in [5.74, 6) is 1.62. The van der Waals surface area contributed by atoms with Crippen molar-refractivity contribution in [3.8, 4) is 0 Å². The predicted octanol–water partition coefficient (Wildman–Crippen LogP) is 3.33. The molecule has 0 aliphatic rings. The third-order valence-corrected chi connectivity index (χ3v) is 3.28. The van der Waals surface area contributed by atoms with E-state index in [-0.39, 0.29) is 0 Å². The fourth-order valence-electron chi connectivity index (χ4n) is 2.41. The van der Waals surface area contributed by atoms with Gasteiger partial charge in [-0.05, 0) is 32.5 Å². The highest BCUT2D eigenvalue weighted by Crippen LogP contribution is 2.25. The van der Waals surface area contributed by atoms with Crippen molar-refractivity contribution in [2.75, 3.05) is 13.1 Å². The largest absolute Gasteiger partial charge is 0.325 e. The van der Waals surface area contributed by atoms with Crippen molar-refractivity contribution in [3.63, 3.8) is 0 Å². The molecule has 0 fully saturated rings. The minimum absolute atomic E-state index is 0.430. The van der Waals surface area contributed by atoms with Crippen molar-refractivity contribution in [2.45, 2.75) is 39.7 Å². The zero-order chi connectivity index (χ0) is 13.1. The molecule has 2 rings (SSSR count). The molecular formula is C15H23N3. The van der Waals surface area contributed by atoms with Crippen LogP contribution in [0.3, 0.4) is 0 Å². The van der Waals surface area contributed by atoms with Crippen molar-refractivity contribution in [1.29, 1.82) is 0 Å². The van der Waals surface area contributed by atoms with E-state index < -0.39 is 0 Å². The first kappa shape index (κ1) is 13.1. The summed E-state index contributed by atoms with van der Waals surface area (Å²) in [6.45, 7) is 10.8. The van der Waals surface area contributed by atoms with Crippen molar-refractivity contribution in [1.82, 2.24) is 14.9 Å². The minimum Gasteiger partial charge on any atom is -0.325 e. The van der Waals surface area contributed by atoms with E-state index in [9.17, 15) is 0 Å². The van der Waals surface area contributed by atoms with E-state index in [1.54, 1.807) is 0 Å². The summed E-state index contributed by atoms with van der Waals surface area (Å²) in [5, 5.41) is 3.40. The normalized spacial score (nSPS) is 13.4. The van der Waals surface area contributed by atoms with E-state index in [0.717, 1.165) is 18.6 Å². The van der Waals surface area contributed by atoms with Gasteiger partial charge in [-0.3, -0.25) is 0 Å². The van der Waals surface area contributed by atoms with Gasteiger partial charge in [0.15, 0.2) is 0 Å². The van der Waals surface area contributed by atoms with E-state index >= 15 is 0 Å². The van der Waals surface area contributed by atoms with Crippen molar-refractivity contribution < 1.29 is 0 Å². The molecule has 0 saturated carbocycles. The summed E-state index contributed by atoms with van der Waals surface area (Å²) in [7, 11) is 0. The van der Waals surface area contributed by atoms with Crippen LogP contribution in [0.1, 0.15) is 45.5 Å². The van der Waals surface area contributed by atoms with Gasteiger partial charge in [0.2, 0.25) is 0 Å². The summed E-state index contributed by atoms with van der Waals surface area (Å²) < 4.78 is 2.36. The molecule has 1 aromatic heterocycles. The monoisotopic (exact) mass is 245 g/mol. The van der Waals surface area contributed by atoms with Crippen LogP contribution in [0.25, 0.3) is 11.0 Å². The zero-order valence-corrected chi connectivity index (χ0v) is 11.8. The number of likely N-dealkylation sites (N-methyl/N-ethyl adjacent to an activating group) is 1. The summed E-state index contributed by atoms with van der Waals surface area (Å²) in [4.78, 5) is 4.81. The molecule has 0 saturated heterocycles. The molecule has 18 heavy (non-hydrogen) atoms. The smallest absolute Gasteiger partial charge is 0.114 e. The van der Waals surface area contributed by atoms with E-state index in [1.165, 1.54) is 11.3 Å². The lowest BCUT2D eigenvalue weighted by Crippen LogP contribution is -2.22. The van der Waals surface area contributed by atoms with Crippen LogP contribution >= 0.6 is 0 Å². The maximum Gasteiger partial charge on any atom is 0.114 e. The van der Waals surface area contributed by atoms with Crippen LogP contribution in [0.15, 0.2) is 24.3 Å². The number of aromatic nitrogens is 2. The van der Waals surface area contributed by atoms with Gasteiger partial charge in [-0.25, -0.2) is 4.98 Å². The van der Waals surface area contributed by atoms with Crippen molar-refractivity contribution in [3.05, 3.63) is 30.1 Å². The Morgan fingerprint density at radius 2 is 1.94 bits per heavy atom. The maximum atomic E-state index is 4.81. The highest BCUT2D eigenvalue weighted by atomic mass is 15.1. The Balaban J connectivity index is 2.45. The zero-order valence-electron chi connectivity index (χ0n) is 11.8. The fraction of sp³-hybridized carbons (Fsp3) is 0.533. The summed E-state index contributed by atoms with van der Waals surface area (Å²) in [6.07, 6.45) is 0. The molecule has 1 N–H and O–H groups in total. The van der Waals surface area contributed by atoms with Crippen LogP contribution in [0, 0.1) is 0 Å². The van der Waals surface area contributed by atoms with E-state index in [2.05, 4.69) is 61.8 Å². The average Bonchev–Trinajstić information content (AvgIpc) is 2.75. The van der Waals surface area contributed by atoms with Crippen LogP contribution in [-0.2, 0) is 0 Å². The number of fused-ring (bicyclic) bond motifs is 1. The number of nitrogens with one attached hydrogen (secondary N) is 1. The van der Waals surface area contributed by atoms with Gasteiger partial charge in [-0.15, -0.1) is 0 Å². The Morgan fingerprint density at radius 3 is 2.61 bits per heavy atom. The second-order valence-electron chi connectivity index (χ2n) is 5.13. The lowest BCUT2D eigenvalue weighted by Gasteiger charge is -2.17. The van der Waals surface area contributed by atoms with Gasteiger partial charge in [0.25, 0.3) is 0 Å². The highest BCUT2D eigenvalue weighted by molar-refractivity contribution is 5.76. The molecule has 98 valence electrons. The van der Waals surface area contributed by atoms with Crippen LogP contribution in [0.2, 0.25) is 0 Å². The van der Waals surface area contributed by atoms with Crippen molar-refractivity contribution >= 4 is 11.0 Å². The molecular weight excluding hydrogens is 222 g/mol. The van der Waals surface area contributed by atoms with E-state index in [1.807, 2.05) is 0 Å². The number of para-hydroxylation sites is 2. The molecule has 0 radical (unpaired) electrons. The molecule has 0 amide bonds. The molecule has 3 heteroatoms. The Bertz CT molecular complexity index is 513. The highest BCUT2D eigenvalue weighted by Gasteiger charge is 2.17. The number of nitrogens with zero attached hydrogens (tertiary/aromatic N) is 2. The number of hydrogen-bond acceptors (Lipinski definition) is 2. The third-order valence-electron chi connectivity index (χ3n) is 3.28. The molecule has 1 unspecified atom stereocenters. The first-order valence-electron chi connectivity index (χ1n) is 6.82. The molecule has 2 aromatic rings. The Labute approximate surface area is 109 Å². The quantitative estimate of drug-likeness (QED) is 0.875. The fourth-order valence-corrected chi connectivity index (χ4v) is 2.41. The third kappa shape index (κ3) is 2.41. The number of hydrogen-bond donors (Lipinski definition) is 1. The van der Waals surface area contributed by atoms with Gasteiger partial charge in [0, 0.05) is 18.5 Å². The lowest BCUT2D eigenvalue weighted by molar-refractivity contribution is 0.530. The number of rotatable bonds is 5. The molecule has 3 nitrogen and oxygen atoms in total. The average molecular weight is 245 g/mol. The summed E-state index contributed by atoms with van der Waals surface area (Å²) >= 11 is 0. The second-order valence-corrected chi connectivity index (χ2v) is 5.13. The Kier molecular flexibility index (Phi) is 4.02. The summed E-state index contributed by atoms with van der Waals surface area (Å²) in [5.41, 5.74) is 2.34. The van der Waals surface area contributed by atoms with Crippen molar-refractivity contribution in [2.24, 2.45) is 0 Å². The van der Waals surface area contributed by atoms with E-state index in [4.69, 9.17) is 4.98 Å². The van der Waals surface area contributed by atoms with Gasteiger partial charge in [-0.1, -0.05) is 26.0 Å². The first-order valence-corrected chi connectivity index (χ1v) is 6.82. The molecule has 1 aromatic carbocycles. The van der Waals surface area contributed by atoms with Gasteiger partial charge in [0.05, 0.1) is 11.0 Å². The minimum atomic E-state index is 0.430. The van der Waals surface area contributed by atoms with E-state index in [0.29, 0.717) is 12.0 Å². The maximum absolute atomic E-state index is 4.81. The molecule has 0 aliphatic heterocycles. The Morgan fingerprint density at radius 1 is 1.22 bits per heavy atom. The second kappa shape index (κ2) is 5.53. The summed E-state index contributed by atoms with van der Waals surface area (Å²) in [6, 6.07) is 8.83. The van der Waals surface area contributed by atoms with Crippen LogP contribution < -0.4 is 5.32 Å². The SMILES string of the molecule is CCNCC(C)c1nc2ccccc2n1C(C)C. The van der Waals surface area contributed by atoms with Crippen LogP contribution in [-0.4, -0.2) is 22.6 Å². The van der Waals surface area contributed by atoms with Crippen LogP contribution in [0.4, 0.5) is 0 Å². The molecule has 1 heterocycles. The van der Waals surface area contributed by atoms with Gasteiger partial charge in [0.1, 0.15) is 5.82 Å². The van der Waals surface area contributed by atoms with Gasteiger partial charge >= 0.3 is 0 Å². The standard InChI is InChI=1S/C15H23N3/c1-5-16-10-12(4)15-17-13-8-6-7-9-14(13)18(15)11(2)3/h6-9,11-12,16H,5,10H2,1-4H3. The predicted molar refractivity (Wildman–Crippen MR) is 77.1 cm³/mol. The lowest BCUT2D eigenvalue weighted by atomic mass is 10.1. The van der Waals surface area contributed by atoms with Gasteiger partial charge in [-0.2, -0.15) is 0 Å². The molecule has 0 aliphatic carbocycles. The molecule has 0 bridgehead atoms. The topological polar surface area (TPSA) is 29.9 Å².